The molecule has 28 heavy (non-hydrogen) atoms. The fourth-order valence-corrected chi connectivity index (χ4v) is 3.12. The van der Waals surface area contributed by atoms with E-state index >= 15 is 0 Å². The lowest BCUT2D eigenvalue weighted by atomic mass is 9.73. The Morgan fingerprint density at radius 3 is 2.32 bits per heavy atom. The van der Waals surface area contributed by atoms with Gasteiger partial charge in [0, 0.05) is 18.8 Å². The molecule has 0 aliphatic heterocycles. The summed E-state index contributed by atoms with van der Waals surface area (Å²) >= 11 is 5.06. The highest BCUT2D eigenvalue weighted by molar-refractivity contribution is 7.71. The number of H-pyrrole nitrogens is 1. The maximum atomic E-state index is 12.5. The minimum absolute atomic E-state index is 0.159. The van der Waals surface area contributed by atoms with Crippen molar-refractivity contribution in [2.24, 2.45) is 17.3 Å². The molecule has 160 valence electrons. The van der Waals surface area contributed by atoms with Crippen LogP contribution in [0.4, 0.5) is 0 Å². The normalized spacial score (nSPS) is 13.7. The van der Waals surface area contributed by atoms with Gasteiger partial charge in [-0.15, -0.1) is 0 Å². The fourth-order valence-electron chi connectivity index (χ4n) is 2.87. The fraction of sp³-hybridized carbons (Fsp3) is 0.750. The van der Waals surface area contributed by atoms with E-state index in [9.17, 15) is 9.59 Å². The molecule has 0 spiro atoms. The average Bonchev–Trinajstić information content (AvgIpc) is 2.60. The molecule has 0 saturated heterocycles. The molecule has 0 bridgehead atoms. The van der Waals surface area contributed by atoms with Crippen molar-refractivity contribution in [2.45, 2.75) is 47.6 Å². The predicted octanol–water partition coefficient (Wildman–Crippen LogP) is 3.19. The van der Waals surface area contributed by atoms with Gasteiger partial charge in [-0.1, -0.05) is 27.7 Å². The van der Waals surface area contributed by atoms with E-state index in [1.807, 2.05) is 6.92 Å². The second kappa shape index (κ2) is 12.1. The van der Waals surface area contributed by atoms with E-state index in [1.54, 1.807) is 10.8 Å². The number of hydrogen-bond donors (Lipinski definition) is 1. The van der Waals surface area contributed by atoms with Gasteiger partial charge in [-0.25, -0.2) is 0 Å². The third-order valence-electron chi connectivity index (χ3n) is 4.78. The summed E-state index contributed by atoms with van der Waals surface area (Å²) < 4.78 is 18.5. The van der Waals surface area contributed by atoms with Crippen molar-refractivity contribution >= 4 is 18.2 Å². The van der Waals surface area contributed by atoms with Crippen molar-refractivity contribution in [2.75, 3.05) is 33.0 Å². The van der Waals surface area contributed by atoms with E-state index in [0.29, 0.717) is 43.7 Å². The molecule has 7 nitrogen and oxygen atoms in total. The average molecular weight is 415 g/mol. The second-order valence-electron chi connectivity index (χ2n) is 7.83. The molecule has 0 aromatic carbocycles. The minimum atomic E-state index is -0.472. The highest BCUT2D eigenvalue weighted by Crippen LogP contribution is 2.35. The zero-order chi connectivity index (χ0) is 21.2. The number of hydrogen-bond acceptors (Lipinski definition) is 6. The highest BCUT2D eigenvalue weighted by atomic mass is 32.1. The van der Waals surface area contributed by atoms with Crippen LogP contribution in [0.15, 0.2) is 17.1 Å². The maximum Gasteiger partial charge on any atom is 0.312 e. The summed E-state index contributed by atoms with van der Waals surface area (Å²) in [4.78, 5) is 26.1. The first-order chi connectivity index (χ1) is 13.2. The first-order valence-corrected chi connectivity index (χ1v) is 10.2. The van der Waals surface area contributed by atoms with Crippen molar-refractivity contribution in [1.29, 1.82) is 0 Å². The van der Waals surface area contributed by atoms with Crippen LogP contribution in [0.5, 0.6) is 0 Å². The standard InChI is InChI=1S/C20H34N2O5S/c1-15(2)14-20(5,16(3)4)18(24)27-13-12-26-11-10-25-9-8-22-7-6-17(23)21-19(22)28/h6-7,15-16H,8-14H2,1-5H3,(H,21,23,28). The lowest BCUT2D eigenvalue weighted by Gasteiger charge is -2.32. The Hall–Kier alpha value is -1.51. The smallest absolute Gasteiger partial charge is 0.312 e. The zero-order valence-electron chi connectivity index (χ0n) is 17.7. The first-order valence-electron chi connectivity index (χ1n) is 9.79. The summed E-state index contributed by atoms with van der Waals surface area (Å²) in [5.41, 5.74) is -0.686. The number of ether oxygens (including phenoxy) is 3. The van der Waals surface area contributed by atoms with Crippen LogP contribution in [0.3, 0.4) is 0 Å². The summed E-state index contributed by atoms with van der Waals surface area (Å²) in [5.74, 6) is 0.487. The molecule has 0 aliphatic carbocycles. The third-order valence-corrected chi connectivity index (χ3v) is 5.12. The summed E-state index contributed by atoms with van der Waals surface area (Å²) in [6.07, 6.45) is 2.44. The van der Waals surface area contributed by atoms with E-state index in [-0.39, 0.29) is 24.1 Å². The Labute approximate surface area is 172 Å². The number of carbonyl (C=O) groups excluding carboxylic acids is 1. The Morgan fingerprint density at radius 1 is 1.14 bits per heavy atom. The van der Waals surface area contributed by atoms with Crippen LogP contribution in [0.2, 0.25) is 0 Å². The number of nitrogens with one attached hydrogen (secondary N) is 1. The maximum absolute atomic E-state index is 12.5. The molecular formula is C20H34N2O5S. The lowest BCUT2D eigenvalue weighted by Crippen LogP contribution is -2.37. The van der Waals surface area contributed by atoms with E-state index in [2.05, 4.69) is 32.7 Å². The van der Waals surface area contributed by atoms with Gasteiger partial charge in [0.2, 0.25) is 0 Å². The SMILES string of the molecule is CC(C)CC(C)(C(=O)OCCOCCOCCn1ccc(=O)[nH]c1=S)C(C)C. The predicted molar refractivity (Wildman–Crippen MR) is 111 cm³/mol. The van der Waals surface area contributed by atoms with Crippen LogP contribution in [0, 0.1) is 22.0 Å². The van der Waals surface area contributed by atoms with Crippen LogP contribution < -0.4 is 5.56 Å². The van der Waals surface area contributed by atoms with E-state index in [0.717, 1.165) is 6.42 Å². The second-order valence-corrected chi connectivity index (χ2v) is 8.22. The summed E-state index contributed by atoms with van der Waals surface area (Å²) in [7, 11) is 0. The highest BCUT2D eigenvalue weighted by Gasteiger charge is 2.38. The zero-order valence-corrected chi connectivity index (χ0v) is 18.5. The van der Waals surface area contributed by atoms with Crippen molar-refractivity contribution in [1.82, 2.24) is 9.55 Å². The largest absolute Gasteiger partial charge is 0.463 e. The molecule has 1 aromatic heterocycles. The number of rotatable bonds is 13. The molecule has 0 saturated carbocycles. The molecule has 0 radical (unpaired) electrons. The third kappa shape index (κ3) is 8.24. The molecular weight excluding hydrogens is 380 g/mol. The van der Waals surface area contributed by atoms with E-state index < -0.39 is 5.41 Å². The quantitative estimate of drug-likeness (QED) is 0.303. The van der Waals surface area contributed by atoms with Gasteiger partial charge in [0.15, 0.2) is 4.77 Å². The summed E-state index contributed by atoms with van der Waals surface area (Å²) in [6, 6.07) is 1.42. The van der Waals surface area contributed by atoms with Gasteiger partial charge >= 0.3 is 5.97 Å². The van der Waals surface area contributed by atoms with Crippen molar-refractivity contribution < 1.29 is 19.0 Å². The monoisotopic (exact) mass is 414 g/mol. The lowest BCUT2D eigenvalue weighted by molar-refractivity contribution is -0.160. The molecule has 1 heterocycles. The van der Waals surface area contributed by atoms with Gasteiger partial charge in [0.05, 0.1) is 31.8 Å². The van der Waals surface area contributed by atoms with Crippen LogP contribution in [0.1, 0.15) is 41.0 Å². The van der Waals surface area contributed by atoms with Crippen molar-refractivity contribution in [3.05, 3.63) is 27.4 Å². The van der Waals surface area contributed by atoms with Crippen molar-refractivity contribution in [3.63, 3.8) is 0 Å². The number of carbonyl (C=O) groups is 1. The Balaban J connectivity index is 2.16. The topological polar surface area (TPSA) is 82.6 Å². The molecule has 0 fully saturated rings. The van der Waals surface area contributed by atoms with Crippen LogP contribution in [-0.4, -0.2) is 48.6 Å². The molecule has 0 aliphatic rings. The minimum Gasteiger partial charge on any atom is -0.463 e. The van der Waals surface area contributed by atoms with Gasteiger partial charge in [-0.2, -0.15) is 0 Å². The Bertz CT molecular complexity index is 713. The summed E-state index contributed by atoms with van der Waals surface area (Å²) in [5, 5.41) is 0. The number of nitrogens with zero attached hydrogens (tertiary/aromatic N) is 1. The number of aromatic amines is 1. The molecule has 1 aromatic rings. The van der Waals surface area contributed by atoms with Crippen LogP contribution in [-0.2, 0) is 25.5 Å². The van der Waals surface area contributed by atoms with Gasteiger partial charge < -0.3 is 18.8 Å². The van der Waals surface area contributed by atoms with Gasteiger partial charge in [0.25, 0.3) is 5.56 Å². The Kier molecular flexibility index (Phi) is 10.6. The van der Waals surface area contributed by atoms with Gasteiger partial charge in [-0.3, -0.25) is 14.6 Å². The van der Waals surface area contributed by atoms with E-state index in [4.69, 9.17) is 26.4 Å². The molecule has 1 N–H and O–H groups in total. The number of aromatic nitrogens is 2. The molecule has 1 atom stereocenters. The van der Waals surface area contributed by atoms with E-state index in [1.165, 1.54) is 6.07 Å². The first kappa shape index (κ1) is 24.5. The van der Waals surface area contributed by atoms with Gasteiger partial charge in [-0.05, 0) is 37.4 Å². The van der Waals surface area contributed by atoms with Crippen LogP contribution >= 0.6 is 12.2 Å². The van der Waals surface area contributed by atoms with Crippen LogP contribution in [0.25, 0.3) is 0 Å². The molecule has 8 heteroatoms. The Morgan fingerprint density at radius 2 is 1.75 bits per heavy atom. The summed E-state index contributed by atoms with van der Waals surface area (Å²) in [6.45, 7) is 12.8. The molecule has 1 rings (SSSR count). The van der Waals surface area contributed by atoms with Crippen molar-refractivity contribution in [3.8, 4) is 0 Å². The molecule has 0 amide bonds. The number of esters is 1. The molecule has 1 unspecified atom stereocenters. The van der Waals surface area contributed by atoms with Gasteiger partial charge in [0.1, 0.15) is 6.61 Å².